The Morgan fingerprint density at radius 1 is 1.33 bits per heavy atom. The molecule has 0 bridgehead atoms. The zero-order chi connectivity index (χ0) is 15.4. The van der Waals surface area contributed by atoms with Gasteiger partial charge in [0.05, 0.1) is 13.1 Å². The summed E-state index contributed by atoms with van der Waals surface area (Å²) in [6, 6.07) is 1.89. The van der Waals surface area contributed by atoms with E-state index in [-0.39, 0.29) is 18.3 Å². The highest BCUT2D eigenvalue weighted by Crippen LogP contribution is 2.05. The van der Waals surface area contributed by atoms with Crippen molar-refractivity contribution in [2.75, 3.05) is 27.2 Å². The summed E-state index contributed by atoms with van der Waals surface area (Å²) >= 11 is 0. The minimum absolute atomic E-state index is 0.102. The van der Waals surface area contributed by atoms with Gasteiger partial charge in [0, 0.05) is 11.4 Å². The summed E-state index contributed by atoms with van der Waals surface area (Å²) in [4.78, 5) is 22.3. The maximum atomic E-state index is 12.0. The van der Waals surface area contributed by atoms with Gasteiger partial charge in [0.1, 0.15) is 0 Å². The fourth-order valence-electron chi connectivity index (χ4n) is 1.74. The molecule has 110 valence electrons. The van der Waals surface area contributed by atoms with Crippen molar-refractivity contribution < 1.29 is 4.79 Å². The second-order valence-corrected chi connectivity index (χ2v) is 4.96. The molecule has 0 fully saturated rings. The third-order valence-corrected chi connectivity index (χ3v) is 2.68. The summed E-state index contributed by atoms with van der Waals surface area (Å²) in [5.41, 5.74) is 1.73. The number of amides is 1. The number of aromatic nitrogens is 4. The number of carbonyl (C=O) groups excluding carboxylic acids is 1. The molecule has 0 spiro atoms. The smallest absolute Gasteiger partial charge is 0.291 e. The molecule has 2 aromatic heterocycles. The topological polar surface area (TPSA) is 75.4 Å². The van der Waals surface area contributed by atoms with Crippen LogP contribution in [0.5, 0.6) is 0 Å². The monoisotopic (exact) mass is 286 g/mol. The van der Waals surface area contributed by atoms with Gasteiger partial charge in [0.2, 0.25) is 5.82 Å². The molecule has 1 N–H and O–H groups in total. The van der Waals surface area contributed by atoms with Crippen molar-refractivity contribution in [3.05, 3.63) is 23.3 Å². The second-order valence-electron chi connectivity index (χ2n) is 4.96. The SMILES string of the molecule is Cc1cc(C)n2nc(C(=O)NCC#CCN(C)C)nc2n1. The number of fused-ring (bicyclic) bond motifs is 1. The maximum Gasteiger partial charge on any atom is 0.291 e. The zero-order valence-corrected chi connectivity index (χ0v) is 12.6. The zero-order valence-electron chi connectivity index (χ0n) is 12.6. The Morgan fingerprint density at radius 3 is 2.81 bits per heavy atom. The lowest BCUT2D eigenvalue weighted by Crippen LogP contribution is -2.25. The highest BCUT2D eigenvalue weighted by molar-refractivity contribution is 5.90. The Morgan fingerprint density at radius 2 is 2.10 bits per heavy atom. The normalized spacial score (nSPS) is 10.5. The van der Waals surface area contributed by atoms with Crippen molar-refractivity contribution in [1.82, 2.24) is 29.8 Å². The minimum Gasteiger partial charge on any atom is -0.338 e. The first-order valence-corrected chi connectivity index (χ1v) is 6.57. The predicted octanol–water partition coefficient (Wildman–Crippen LogP) is 0.0359. The van der Waals surface area contributed by atoms with Crippen LogP contribution in [-0.2, 0) is 0 Å². The molecular weight excluding hydrogens is 268 g/mol. The van der Waals surface area contributed by atoms with Gasteiger partial charge >= 0.3 is 0 Å². The molecule has 0 aromatic carbocycles. The number of rotatable bonds is 3. The quantitative estimate of drug-likeness (QED) is 0.806. The molecule has 2 rings (SSSR count). The van der Waals surface area contributed by atoms with Crippen LogP contribution in [0.15, 0.2) is 6.07 Å². The van der Waals surface area contributed by atoms with Crippen LogP contribution in [0.3, 0.4) is 0 Å². The summed E-state index contributed by atoms with van der Waals surface area (Å²) in [6.07, 6.45) is 0. The molecule has 2 aromatic rings. The lowest BCUT2D eigenvalue weighted by molar-refractivity contribution is 0.0948. The predicted molar refractivity (Wildman–Crippen MR) is 78.9 cm³/mol. The van der Waals surface area contributed by atoms with Crippen molar-refractivity contribution in [3.63, 3.8) is 0 Å². The molecule has 0 aliphatic heterocycles. The van der Waals surface area contributed by atoms with Crippen LogP contribution < -0.4 is 5.32 Å². The highest BCUT2D eigenvalue weighted by atomic mass is 16.2. The third-order valence-electron chi connectivity index (χ3n) is 2.68. The van der Waals surface area contributed by atoms with Crippen LogP contribution in [0.2, 0.25) is 0 Å². The number of hydrogen-bond donors (Lipinski definition) is 1. The summed E-state index contributed by atoms with van der Waals surface area (Å²) in [6.45, 7) is 4.70. The third kappa shape index (κ3) is 3.77. The molecular formula is C14H18N6O. The molecule has 21 heavy (non-hydrogen) atoms. The van der Waals surface area contributed by atoms with Gasteiger partial charge in [-0.15, -0.1) is 5.10 Å². The van der Waals surface area contributed by atoms with Crippen LogP contribution in [0.25, 0.3) is 5.78 Å². The highest BCUT2D eigenvalue weighted by Gasteiger charge is 2.13. The number of aryl methyl sites for hydroxylation is 2. The number of carbonyl (C=O) groups is 1. The number of nitrogens with zero attached hydrogens (tertiary/aromatic N) is 5. The van der Waals surface area contributed by atoms with E-state index in [1.807, 2.05) is 38.9 Å². The molecule has 0 aliphatic carbocycles. The summed E-state index contributed by atoms with van der Waals surface area (Å²) in [5, 5.41) is 6.83. The van der Waals surface area contributed by atoms with Crippen LogP contribution in [0, 0.1) is 25.7 Å². The van der Waals surface area contributed by atoms with Crippen molar-refractivity contribution in [3.8, 4) is 11.8 Å². The first kappa shape index (κ1) is 14.9. The fraction of sp³-hybridized carbons (Fsp3) is 0.429. The van der Waals surface area contributed by atoms with Crippen LogP contribution in [0.4, 0.5) is 0 Å². The van der Waals surface area contributed by atoms with Crippen molar-refractivity contribution in [2.45, 2.75) is 13.8 Å². The molecule has 0 atom stereocenters. The standard InChI is InChI=1S/C14H18N6O/c1-10-9-11(2)20-14(16-10)17-12(18-20)13(21)15-7-5-6-8-19(3)4/h9H,7-8H2,1-4H3,(H,15,21). The van der Waals surface area contributed by atoms with Gasteiger partial charge < -0.3 is 5.32 Å². The van der Waals surface area contributed by atoms with Crippen LogP contribution in [-0.4, -0.2) is 57.6 Å². The van der Waals surface area contributed by atoms with E-state index in [0.717, 1.165) is 11.4 Å². The second kappa shape index (κ2) is 6.33. The summed E-state index contributed by atoms with van der Waals surface area (Å²) in [5.74, 6) is 5.99. The van der Waals surface area contributed by atoms with Crippen molar-refractivity contribution in [1.29, 1.82) is 0 Å². The van der Waals surface area contributed by atoms with E-state index < -0.39 is 0 Å². The van der Waals surface area contributed by atoms with Gasteiger partial charge in [-0.05, 0) is 34.0 Å². The van der Waals surface area contributed by atoms with E-state index in [9.17, 15) is 4.79 Å². The Balaban J connectivity index is 2.06. The Labute approximate surface area is 123 Å². The van der Waals surface area contributed by atoms with Gasteiger partial charge in [-0.25, -0.2) is 9.50 Å². The van der Waals surface area contributed by atoms with Crippen LogP contribution >= 0.6 is 0 Å². The molecule has 1 amide bonds. The van der Waals surface area contributed by atoms with E-state index in [1.54, 1.807) is 4.52 Å². The fourth-order valence-corrected chi connectivity index (χ4v) is 1.74. The van der Waals surface area contributed by atoms with Gasteiger partial charge in [-0.2, -0.15) is 4.98 Å². The van der Waals surface area contributed by atoms with Gasteiger partial charge in [0.25, 0.3) is 11.7 Å². The Kier molecular flexibility index (Phi) is 4.50. The molecule has 0 saturated heterocycles. The summed E-state index contributed by atoms with van der Waals surface area (Å²) in [7, 11) is 3.87. The lowest BCUT2D eigenvalue weighted by atomic mass is 10.4. The average molecular weight is 286 g/mol. The average Bonchev–Trinajstić information content (AvgIpc) is 2.82. The lowest BCUT2D eigenvalue weighted by Gasteiger charge is -2.01. The van der Waals surface area contributed by atoms with Gasteiger partial charge in [0.15, 0.2) is 0 Å². The van der Waals surface area contributed by atoms with Crippen molar-refractivity contribution >= 4 is 11.7 Å². The minimum atomic E-state index is -0.350. The molecule has 0 radical (unpaired) electrons. The Hall–Kier alpha value is -2.46. The molecule has 0 saturated carbocycles. The van der Waals surface area contributed by atoms with E-state index in [4.69, 9.17) is 0 Å². The Bertz CT molecular complexity index is 722. The van der Waals surface area contributed by atoms with E-state index >= 15 is 0 Å². The van der Waals surface area contributed by atoms with Crippen molar-refractivity contribution in [2.24, 2.45) is 0 Å². The first-order valence-electron chi connectivity index (χ1n) is 6.57. The van der Waals surface area contributed by atoms with E-state index in [0.29, 0.717) is 12.3 Å². The molecule has 0 unspecified atom stereocenters. The van der Waals surface area contributed by atoms with Gasteiger partial charge in [-0.3, -0.25) is 9.69 Å². The van der Waals surface area contributed by atoms with Crippen LogP contribution in [0.1, 0.15) is 22.0 Å². The molecule has 2 heterocycles. The molecule has 7 heteroatoms. The van der Waals surface area contributed by atoms with Gasteiger partial charge in [-0.1, -0.05) is 11.8 Å². The first-order chi connectivity index (χ1) is 9.97. The summed E-state index contributed by atoms with van der Waals surface area (Å²) < 4.78 is 1.56. The number of nitrogens with one attached hydrogen (secondary N) is 1. The number of hydrogen-bond acceptors (Lipinski definition) is 5. The van der Waals surface area contributed by atoms with E-state index in [1.165, 1.54) is 0 Å². The molecule has 7 nitrogen and oxygen atoms in total. The largest absolute Gasteiger partial charge is 0.338 e. The maximum absolute atomic E-state index is 12.0. The van der Waals surface area contributed by atoms with E-state index in [2.05, 4.69) is 32.2 Å². The molecule has 0 aliphatic rings.